The molecule has 2 heterocycles. The average Bonchev–Trinajstić information content (AvgIpc) is 3.02. The van der Waals surface area contributed by atoms with Crippen molar-refractivity contribution in [1.82, 2.24) is 9.97 Å². The van der Waals surface area contributed by atoms with E-state index in [-0.39, 0.29) is 6.79 Å². The SMILES string of the molecule is Cc1ccc(-c2cc(Nc3ccc4c(c3)OCO4)nc(C)n2)cc1. The van der Waals surface area contributed by atoms with Crippen molar-refractivity contribution in [1.29, 1.82) is 0 Å². The zero-order valence-electron chi connectivity index (χ0n) is 13.5. The van der Waals surface area contributed by atoms with Crippen LogP contribution < -0.4 is 14.8 Å². The molecule has 5 heteroatoms. The quantitative estimate of drug-likeness (QED) is 0.783. The number of hydrogen-bond donors (Lipinski definition) is 1. The van der Waals surface area contributed by atoms with Crippen LogP contribution in [0.25, 0.3) is 11.3 Å². The maximum Gasteiger partial charge on any atom is 0.231 e. The number of aromatic nitrogens is 2. The van der Waals surface area contributed by atoms with Crippen LogP contribution in [0.3, 0.4) is 0 Å². The fourth-order valence-corrected chi connectivity index (χ4v) is 2.63. The maximum absolute atomic E-state index is 5.41. The van der Waals surface area contributed by atoms with Crippen LogP contribution in [-0.4, -0.2) is 16.8 Å². The first-order chi connectivity index (χ1) is 11.7. The van der Waals surface area contributed by atoms with Gasteiger partial charge in [-0.3, -0.25) is 0 Å². The van der Waals surface area contributed by atoms with E-state index in [2.05, 4.69) is 46.5 Å². The molecule has 1 aliphatic heterocycles. The standard InChI is InChI=1S/C19H17N3O2/c1-12-3-5-14(6-4-12)16-10-19(21-13(2)20-16)22-15-7-8-17-18(9-15)24-11-23-17/h3-10H,11H2,1-2H3,(H,20,21,22). The molecular formula is C19H17N3O2. The number of nitrogens with zero attached hydrogens (tertiary/aromatic N) is 2. The van der Waals surface area contributed by atoms with Gasteiger partial charge in [0.25, 0.3) is 0 Å². The second-order valence-electron chi connectivity index (χ2n) is 5.74. The van der Waals surface area contributed by atoms with Gasteiger partial charge in [-0.05, 0) is 26.0 Å². The minimum Gasteiger partial charge on any atom is -0.454 e. The predicted molar refractivity (Wildman–Crippen MR) is 92.8 cm³/mol. The van der Waals surface area contributed by atoms with E-state index >= 15 is 0 Å². The zero-order chi connectivity index (χ0) is 16.5. The van der Waals surface area contributed by atoms with E-state index in [1.54, 1.807) is 0 Å². The van der Waals surface area contributed by atoms with Crippen molar-refractivity contribution < 1.29 is 9.47 Å². The van der Waals surface area contributed by atoms with Crippen molar-refractivity contribution in [2.75, 3.05) is 12.1 Å². The number of hydrogen-bond acceptors (Lipinski definition) is 5. The van der Waals surface area contributed by atoms with E-state index in [1.165, 1.54) is 5.56 Å². The molecule has 120 valence electrons. The van der Waals surface area contributed by atoms with Gasteiger partial charge in [0.15, 0.2) is 11.5 Å². The van der Waals surface area contributed by atoms with Gasteiger partial charge in [0.1, 0.15) is 11.6 Å². The summed E-state index contributed by atoms with van der Waals surface area (Å²) in [5.74, 6) is 2.97. The molecule has 4 rings (SSSR count). The minimum atomic E-state index is 0.267. The van der Waals surface area contributed by atoms with Crippen molar-refractivity contribution in [3.63, 3.8) is 0 Å². The Morgan fingerprint density at radius 2 is 1.67 bits per heavy atom. The van der Waals surface area contributed by atoms with Crippen molar-refractivity contribution >= 4 is 11.5 Å². The van der Waals surface area contributed by atoms with Crippen LogP contribution in [0.5, 0.6) is 11.5 Å². The second kappa shape index (κ2) is 5.85. The van der Waals surface area contributed by atoms with Gasteiger partial charge in [-0.1, -0.05) is 29.8 Å². The lowest BCUT2D eigenvalue weighted by Crippen LogP contribution is -1.99. The van der Waals surface area contributed by atoms with Crippen LogP contribution in [0.15, 0.2) is 48.5 Å². The maximum atomic E-state index is 5.41. The number of nitrogens with one attached hydrogen (secondary N) is 1. The van der Waals surface area contributed by atoms with Crippen LogP contribution in [0.4, 0.5) is 11.5 Å². The Labute approximate surface area is 140 Å². The van der Waals surface area contributed by atoms with Crippen LogP contribution in [0.1, 0.15) is 11.4 Å². The molecule has 0 radical (unpaired) electrons. The van der Waals surface area contributed by atoms with Gasteiger partial charge in [0.2, 0.25) is 6.79 Å². The third kappa shape index (κ3) is 2.88. The van der Waals surface area contributed by atoms with Gasteiger partial charge in [-0.15, -0.1) is 0 Å². The van der Waals surface area contributed by atoms with Crippen LogP contribution in [-0.2, 0) is 0 Å². The highest BCUT2D eigenvalue weighted by Gasteiger charge is 2.13. The van der Waals surface area contributed by atoms with Crippen LogP contribution in [0, 0.1) is 13.8 Å². The molecule has 24 heavy (non-hydrogen) atoms. The molecule has 3 aromatic rings. The summed E-state index contributed by atoms with van der Waals surface area (Å²) < 4.78 is 10.7. The van der Waals surface area contributed by atoms with E-state index in [0.717, 1.165) is 40.1 Å². The first kappa shape index (κ1) is 14.5. The Hall–Kier alpha value is -3.08. The fourth-order valence-electron chi connectivity index (χ4n) is 2.63. The highest BCUT2D eigenvalue weighted by Crippen LogP contribution is 2.35. The normalized spacial score (nSPS) is 12.2. The molecule has 0 amide bonds. The molecule has 2 aromatic carbocycles. The molecule has 0 atom stereocenters. The molecule has 0 bridgehead atoms. The summed E-state index contributed by atoms with van der Waals surface area (Å²) in [5.41, 5.74) is 4.08. The molecular weight excluding hydrogens is 302 g/mol. The fraction of sp³-hybridized carbons (Fsp3) is 0.158. The Morgan fingerprint density at radius 3 is 2.50 bits per heavy atom. The van der Waals surface area contributed by atoms with Gasteiger partial charge in [-0.2, -0.15) is 0 Å². The first-order valence-corrected chi connectivity index (χ1v) is 7.77. The molecule has 5 nitrogen and oxygen atoms in total. The van der Waals surface area contributed by atoms with Crippen molar-refractivity contribution in [2.24, 2.45) is 0 Å². The van der Waals surface area contributed by atoms with Crippen molar-refractivity contribution in [3.05, 3.63) is 59.9 Å². The summed E-state index contributed by atoms with van der Waals surface area (Å²) in [6.07, 6.45) is 0. The molecule has 1 aliphatic rings. The molecule has 0 saturated carbocycles. The summed E-state index contributed by atoms with van der Waals surface area (Å²) in [6, 6.07) is 16.0. The summed E-state index contributed by atoms with van der Waals surface area (Å²) in [4.78, 5) is 9.01. The number of fused-ring (bicyclic) bond motifs is 1. The van der Waals surface area contributed by atoms with Crippen LogP contribution in [0.2, 0.25) is 0 Å². The van der Waals surface area contributed by atoms with Gasteiger partial charge >= 0.3 is 0 Å². The number of aryl methyl sites for hydroxylation is 2. The molecule has 0 saturated heterocycles. The van der Waals surface area contributed by atoms with Gasteiger partial charge < -0.3 is 14.8 Å². The van der Waals surface area contributed by atoms with Gasteiger partial charge in [-0.25, -0.2) is 9.97 Å². The molecule has 0 aliphatic carbocycles. The minimum absolute atomic E-state index is 0.267. The number of benzene rings is 2. The number of anilines is 2. The monoisotopic (exact) mass is 319 g/mol. The highest BCUT2D eigenvalue weighted by molar-refractivity contribution is 5.67. The lowest BCUT2D eigenvalue weighted by Gasteiger charge is -2.09. The summed E-state index contributed by atoms with van der Waals surface area (Å²) in [6.45, 7) is 4.23. The number of ether oxygens (including phenoxy) is 2. The smallest absolute Gasteiger partial charge is 0.231 e. The predicted octanol–water partition coefficient (Wildman–Crippen LogP) is 4.23. The van der Waals surface area contributed by atoms with Gasteiger partial charge in [0, 0.05) is 23.4 Å². The molecule has 1 aromatic heterocycles. The Morgan fingerprint density at radius 1 is 0.875 bits per heavy atom. The number of rotatable bonds is 3. The van der Waals surface area contributed by atoms with E-state index in [1.807, 2.05) is 31.2 Å². The third-order valence-corrected chi connectivity index (χ3v) is 3.83. The first-order valence-electron chi connectivity index (χ1n) is 7.77. The Balaban J connectivity index is 1.65. The highest BCUT2D eigenvalue weighted by atomic mass is 16.7. The van der Waals surface area contributed by atoms with Crippen molar-refractivity contribution in [2.45, 2.75) is 13.8 Å². The van der Waals surface area contributed by atoms with E-state index in [0.29, 0.717) is 0 Å². The Bertz CT molecular complexity index is 892. The second-order valence-corrected chi connectivity index (χ2v) is 5.74. The van der Waals surface area contributed by atoms with Crippen molar-refractivity contribution in [3.8, 4) is 22.8 Å². The van der Waals surface area contributed by atoms with Gasteiger partial charge in [0.05, 0.1) is 5.69 Å². The van der Waals surface area contributed by atoms with E-state index in [4.69, 9.17) is 9.47 Å². The molecule has 0 fully saturated rings. The third-order valence-electron chi connectivity index (χ3n) is 3.83. The topological polar surface area (TPSA) is 56.3 Å². The lowest BCUT2D eigenvalue weighted by atomic mass is 10.1. The summed E-state index contributed by atoms with van der Waals surface area (Å²) in [7, 11) is 0. The molecule has 0 spiro atoms. The largest absolute Gasteiger partial charge is 0.454 e. The average molecular weight is 319 g/mol. The Kier molecular flexibility index (Phi) is 3.54. The summed E-state index contributed by atoms with van der Waals surface area (Å²) >= 11 is 0. The van der Waals surface area contributed by atoms with E-state index in [9.17, 15) is 0 Å². The molecule has 0 unspecified atom stereocenters. The van der Waals surface area contributed by atoms with Crippen LogP contribution >= 0.6 is 0 Å². The molecule has 1 N–H and O–H groups in total. The van der Waals surface area contributed by atoms with E-state index < -0.39 is 0 Å². The summed E-state index contributed by atoms with van der Waals surface area (Å²) in [5, 5.41) is 3.31. The zero-order valence-corrected chi connectivity index (χ0v) is 13.5. The lowest BCUT2D eigenvalue weighted by molar-refractivity contribution is 0.174.